The Kier molecular flexibility index (Phi) is 4.00. The lowest BCUT2D eigenvalue weighted by molar-refractivity contribution is 1.13. The van der Waals surface area contributed by atoms with Crippen molar-refractivity contribution in [1.82, 2.24) is 0 Å². The zero-order valence-electron chi connectivity index (χ0n) is 8.14. The van der Waals surface area contributed by atoms with Crippen LogP contribution < -0.4 is 10.3 Å². The second kappa shape index (κ2) is 5.29. The molecule has 0 aromatic heterocycles. The molecule has 0 saturated heterocycles. The number of anilines is 2. The quantitative estimate of drug-likeness (QED) is 0.469. The molecule has 0 aliphatic carbocycles. The van der Waals surface area contributed by atoms with Gasteiger partial charge in [0, 0.05) is 19.8 Å². The molecule has 1 aromatic rings. The molecule has 5 heteroatoms. The summed E-state index contributed by atoms with van der Waals surface area (Å²) in [6.45, 7) is 0. The maximum Gasteiger partial charge on any atom is 0.114 e. The van der Waals surface area contributed by atoms with Crippen LogP contribution in [0.15, 0.2) is 34.6 Å². The van der Waals surface area contributed by atoms with Gasteiger partial charge in [0.15, 0.2) is 0 Å². The lowest BCUT2D eigenvalue weighted by atomic mass is 10.3. The zero-order chi connectivity index (χ0) is 10.4. The van der Waals surface area contributed by atoms with E-state index in [4.69, 9.17) is 0 Å². The Hall–Kier alpha value is -1.49. The minimum Gasteiger partial charge on any atom is -0.378 e. The lowest BCUT2D eigenvalue weighted by Crippen LogP contribution is -2.08. The van der Waals surface area contributed by atoms with Crippen molar-refractivity contribution >= 4 is 29.1 Å². The predicted octanol–water partition coefficient (Wildman–Crippen LogP) is 2.49. The second-order valence-electron chi connectivity index (χ2n) is 2.87. The van der Waals surface area contributed by atoms with E-state index in [-0.39, 0.29) is 0 Å². The highest BCUT2D eigenvalue weighted by molar-refractivity contribution is 7.78. The number of benzene rings is 1. The first-order valence-corrected chi connectivity index (χ1v) is 4.58. The molecule has 0 unspecified atom stereocenters. The van der Waals surface area contributed by atoms with Gasteiger partial charge in [-0.05, 0) is 24.3 Å². The van der Waals surface area contributed by atoms with Crippen molar-refractivity contribution in [3.05, 3.63) is 24.3 Å². The minimum atomic E-state index is 0.885. The molecule has 0 saturated carbocycles. The van der Waals surface area contributed by atoms with Crippen molar-refractivity contribution in [3.8, 4) is 0 Å². The molecule has 0 aliphatic rings. The fourth-order valence-electron chi connectivity index (χ4n) is 0.944. The highest BCUT2D eigenvalue weighted by Crippen LogP contribution is 2.15. The Morgan fingerprint density at radius 2 is 1.93 bits per heavy atom. The fraction of sp³-hybridized carbons (Fsp3) is 0.222. The Balaban J connectivity index is 2.64. The first-order valence-electron chi connectivity index (χ1n) is 4.11. The maximum atomic E-state index is 4.49. The molecule has 1 aromatic carbocycles. The van der Waals surface area contributed by atoms with Gasteiger partial charge in [-0.2, -0.15) is 0 Å². The summed E-state index contributed by atoms with van der Waals surface area (Å²) >= 11 is 4.49. The minimum absolute atomic E-state index is 0.885. The average Bonchev–Trinajstić information content (AvgIpc) is 2.19. The van der Waals surface area contributed by atoms with Gasteiger partial charge in [-0.25, -0.2) is 0 Å². The van der Waals surface area contributed by atoms with Crippen LogP contribution in [0.25, 0.3) is 0 Å². The Morgan fingerprint density at radius 3 is 2.43 bits per heavy atom. The van der Waals surface area contributed by atoms with E-state index in [1.807, 2.05) is 43.3 Å². The van der Waals surface area contributed by atoms with E-state index in [9.17, 15) is 0 Å². The third kappa shape index (κ3) is 3.10. The highest BCUT2D eigenvalue weighted by atomic mass is 32.1. The zero-order valence-corrected chi connectivity index (χ0v) is 8.95. The fourth-order valence-corrected chi connectivity index (χ4v) is 0.991. The summed E-state index contributed by atoms with van der Waals surface area (Å²) in [5, 5.41) is 7.15. The Morgan fingerprint density at radius 1 is 1.29 bits per heavy atom. The highest BCUT2D eigenvalue weighted by Gasteiger charge is 1.94. The van der Waals surface area contributed by atoms with E-state index in [2.05, 4.69) is 28.0 Å². The van der Waals surface area contributed by atoms with Gasteiger partial charge in [0.2, 0.25) is 0 Å². The van der Waals surface area contributed by atoms with Crippen molar-refractivity contribution in [2.24, 2.45) is 10.3 Å². The van der Waals surface area contributed by atoms with Crippen LogP contribution >= 0.6 is 12.2 Å². The summed E-state index contributed by atoms with van der Waals surface area (Å²) in [7, 11) is 3.99. The largest absolute Gasteiger partial charge is 0.378 e. The molecule has 14 heavy (non-hydrogen) atoms. The normalized spacial score (nSPS) is 10.1. The van der Waals surface area contributed by atoms with Gasteiger partial charge >= 0.3 is 0 Å². The summed E-state index contributed by atoms with van der Waals surface area (Å²) in [6, 6.07) is 7.85. The summed E-state index contributed by atoms with van der Waals surface area (Å²) in [5.41, 5.74) is 5.99. The van der Waals surface area contributed by atoms with Crippen molar-refractivity contribution in [3.63, 3.8) is 0 Å². The van der Waals surface area contributed by atoms with E-state index in [0.29, 0.717) is 0 Å². The first kappa shape index (κ1) is 10.6. The number of nitrogens with zero attached hydrogens (tertiary/aromatic N) is 3. The smallest absolute Gasteiger partial charge is 0.114 e. The van der Waals surface area contributed by atoms with Crippen LogP contribution in [0.3, 0.4) is 0 Å². The molecule has 0 radical (unpaired) electrons. The molecule has 0 bridgehead atoms. The number of rotatable bonds is 4. The van der Waals surface area contributed by atoms with E-state index in [1.165, 1.54) is 5.49 Å². The van der Waals surface area contributed by atoms with E-state index < -0.39 is 0 Å². The predicted molar refractivity (Wildman–Crippen MR) is 62.9 cm³/mol. The van der Waals surface area contributed by atoms with Crippen molar-refractivity contribution in [1.29, 1.82) is 0 Å². The molecular weight excluding hydrogens is 196 g/mol. The summed E-state index contributed by atoms with van der Waals surface area (Å²) in [5.74, 6) is 0. The molecule has 0 amide bonds. The van der Waals surface area contributed by atoms with Crippen LogP contribution in [0.2, 0.25) is 0 Å². The molecular formula is C9H12N4S. The summed E-state index contributed by atoms with van der Waals surface area (Å²) in [4.78, 5) is 2.03. The standard InChI is InChI=1S/C9H12N4S/c1-13(2)9-5-3-8(4-6-9)11-12-10-7-14/h3-7H,1-2H3,(H,10,11,14). The SMILES string of the molecule is CN(C)c1ccc(NN=NC=S)cc1. The lowest BCUT2D eigenvalue weighted by Gasteiger charge is -2.12. The van der Waals surface area contributed by atoms with Gasteiger partial charge in [-0.1, -0.05) is 17.4 Å². The molecule has 4 nitrogen and oxygen atoms in total. The first-order chi connectivity index (χ1) is 6.74. The van der Waals surface area contributed by atoms with Crippen LogP contribution in [0.5, 0.6) is 0 Å². The molecule has 1 N–H and O–H groups in total. The van der Waals surface area contributed by atoms with Crippen LogP contribution in [-0.4, -0.2) is 19.6 Å². The number of hydrogen-bond acceptors (Lipinski definition) is 3. The van der Waals surface area contributed by atoms with Crippen LogP contribution in [0.1, 0.15) is 0 Å². The molecule has 0 spiro atoms. The molecule has 0 aliphatic heterocycles. The second-order valence-corrected chi connectivity index (χ2v) is 3.08. The number of hydrogen-bond donors (Lipinski definition) is 1. The molecule has 0 fully saturated rings. The Labute approximate surface area is 88.6 Å². The van der Waals surface area contributed by atoms with Crippen molar-refractivity contribution in [2.45, 2.75) is 0 Å². The van der Waals surface area contributed by atoms with Crippen LogP contribution in [-0.2, 0) is 0 Å². The van der Waals surface area contributed by atoms with E-state index >= 15 is 0 Å². The van der Waals surface area contributed by atoms with Gasteiger partial charge < -0.3 is 4.90 Å². The molecule has 0 atom stereocenters. The maximum absolute atomic E-state index is 4.49. The third-order valence-corrected chi connectivity index (χ3v) is 1.76. The van der Waals surface area contributed by atoms with Gasteiger partial charge in [0.1, 0.15) is 5.49 Å². The van der Waals surface area contributed by atoms with Gasteiger partial charge in [-0.15, -0.1) is 5.11 Å². The Bertz CT molecular complexity index is 318. The number of nitrogens with one attached hydrogen (secondary N) is 1. The van der Waals surface area contributed by atoms with E-state index in [0.717, 1.165) is 11.4 Å². The third-order valence-electron chi connectivity index (χ3n) is 1.67. The summed E-state index contributed by atoms with van der Waals surface area (Å²) < 4.78 is 0. The van der Waals surface area contributed by atoms with Crippen LogP contribution in [0.4, 0.5) is 11.4 Å². The van der Waals surface area contributed by atoms with Crippen molar-refractivity contribution in [2.75, 3.05) is 24.4 Å². The van der Waals surface area contributed by atoms with Gasteiger partial charge in [-0.3, -0.25) is 5.43 Å². The monoisotopic (exact) mass is 208 g/mol. The van der Waals surface area contributed by atoms with Gasteiger partial charge in [0.25, 0.3) is 0 Å². The number of thiocarbonyl (C=S) groups is 1. The molecule has 1 rings (SSSR count). The van der Waals surface area contributed by atoms with Crippen LogP contribution in [0, 0.1) is 0 Å². The summed E-state index contributed by atoms with van der Waals surface area (Å²) in [6.07, 6.45) is 0. The molecule has 0 heterocycles. The van der Waals surface area contributed by atoms with E-state index in [1.54, 1.807) is 0 Å². The average molecular weight is 208 g/mol. The topological polar surface area (TPSA) is 40.0 Å². The molecule has 74 valence electrons. The van der Waals surface area contributed by atoms with Crippen molar-refractivity contribution < 1.29 is 0 Å². The van der Waals surface area contributed by atoms with Gasteiger partial charge in [0.05, 0.1) is 5.69 Å².